The molecule has 0 bridgehead atoms. The van der Waals surface area contributed by atoms with E-state index >= 15 is 0 Å². The third-order valence-electron chi connectivity index (χ3n) is 1.30. The zero-order valence-corrected chi connectivity index (χ0v) is 7.36. The molecule has 0 spiro atoms. The summed E-state index contributed by atoms with van der Waals surface area (Å²) in [5, 5.41) is 3.73. The van der Waals surface area contributed by atoms with Crippen LogP contribution in [0.15, 0.2) is 0 Å². The maximum Gasteiger partial charge on any atom is 0.271 e. The van der Waals surface area contributed by atoms with Gasteiger partial charge in [0, 0.05) is 6.42 Å². The molecule has 11 heavy (non-hydrogen) atoms. The molecule has 0 fully saturated rings. The zero-order chi connectivity index (χ0) is 8.91. The number of carbonyl (C=O) groups is 1. The van der Waals surface area contributed by atoms with Crippen molar-refractivity contribution in [1.29, 1.82) is 0 Å². The second kappa shape index (κ2) is 4.46. The highest BCUT2D eigenvalue weighted by Gasteiger charge is 2.14. The first-order valence-electron chi connectivity index (χ1n) is 3.54. The monoisotopic (exact) mass is 179 g/mol. The SMILES string of the molecule is CCCCCC(=O)S(N)(=O)=O. The van der Waals surface area contributed by atoms with Crippen LogP contribution >= 0.6 is 0 Å². The Hall–Kier alpha value is -0.420. The number of hydrogen-bond acceptors (Lipinski definition) is 3. The van der Waals surface area contributed by atoms with Gasteiger partial charge in [0.05, 0.1) is 0 Å². The Morgan fingerprint density at radius 1 is 1.36 bits per heavy atom. The summed E-state index contributed by atoms with van der Waals surface area (Å²) in [7, 11) is -3.92. The van der Waals surface area contributed by atoms with Crippen LogP contribution in [0.1, 0.15) is 32.6 Å². The van der Waals surface area contributed by atoms with E-state index in [0.717, 1.165) is 12.8 Å². The fourth-order valence-corrected chi connectivity index (χ4v) is 1.09. The average Bonchev–Trinajstić information content (AvgIpc) is 1.86. The molecule has 0 radical (unpaired) electrons. The van der Waals surface area contributed by atoms with E-state index in [-0.39, 0.29) is 6.42 Å². The lowest BCUT2D eigenvalue weighted by atomic mass is 10.2. The summed E-state index contributed by atoms with van der Waals surface area (Å²) < 4.78 is 20.7. The highest BCUT2D eigenvalue weighted by molar-refractivity contribution is 8.04. The minimum absolute atomic E-state index is 0.0483. The number of carbonyl (C=O) groups excluding carboxylic acids is 1. The van der Waals surface area contributed by atoms with Crippen molar-refractivity contribution in [3.63, 3.8) is 0 Å². The Labute approximate surface area is 66.8 Å². The van der Waals surface area contributed by atoms with Crippen molar-refractivity contribution < 1.29 is 13.2 Å². The molecule has 2 N–H and O–H groups in total. The Kier molecular flexibility index (Phi) is 4.29. The Morgan fingerprint density at radius 2 is 1.91 bits per heavy atom. The molecule has 0 aromatic rings. The van der Waals surface area contributed by atoms with E-state index in [0.29, 0.717) is 6.42 Å². The van der Waals surface area contributed by atoms with Gasteiger partial charge in [-0.2, -0.15) is 0 Å². The van der Waals surface area contributed by atoms with Crippen molar-refractivity contribution in [3.05, 3.63) is 0 Å². The van der Waals surface area contributed by atoms with Crippen LogP contribution < -0.4 is 5.14 Å². The first kappa shape index (κ1) is 10.6. The topological polar surface area (TPSA) is 77.2 Å². The van der Waals surface area contributed by atoms with Gasteiger partial charge < -0.3 is 0 Å². The zero-order valence-electron chi connectivity index (χ0n) is 6.54. The summed E-state index contributed by atoms with van der Waals surface area (Å²) in [6, 6.07) is 0. The summed E-state index contributed by atoms with van der Waals surface area (Å²) >= 11 is 0. The molecule has 0 amide bonds. The van der Waals surface area contributed by atoms with E-state index in [2.05, 4.69) is 5.14 Å². The second-order valence-electron chi connectivity index (χ2n) is 2.37. The molecule has 5 heteroatoms. The average molecular weight is 179 g/mol. The molecule has 0 aliphatic rings. The molecule has 0 rings (SSSR count). The molecule has 0 aromatic heterocycles. The minimum atomic E-state index is -3.92. The highest BCUT2D eigenvalue weighted by Crippen LogP contribution is 2.01. The standard InChI is InChI=1S/C6H13NO3S/c1-2-3-4-5-6(8)11(7,9)10/h2-5H2,1H3,(H2,7,9,10). The number of hydrogen-bond donors (Lipinski definition) is 1. The van der Waals surface area contributed by atoms with Crippen molar-refractivity contribution in [2.75, 3.05) is 0 Å². The first-order valence-corrected chi connectivity index (χ1v) is 5.08. The van der Waals surface area contributed by atoms with Crippen LogP contribution in [-0.4, -0.2) is 13.5 Å². The summed E-state index contributed by atoms with van der Waals surface area (Å²) in [6.45, 7) is 1.97. The van der Waals surface area contributed by atoms with Crippen LogP contribution in [0.2, 0.25) is 0 Å². The second-order valence-corrected chi connectivity index (χ2v) is 3.92. The first-order chi connectivity index (χ1) is 4.98. The Bertz CT molecular complexity index is 220. The summed E-state index contributed by atoms with van der Waals surface area (Å²) in [4.78, 5) is 10.6. The van der Waals surface area contributed by atoms with Crippen molar-refractivity contribution in [1.82, 2.24) is 0 Å². The quantitative estimate of drug-likeness (QED) is 0.634. The fraction of sp³-hybridized carbons (Fsp3) is 0.833. The van der Waals surface area contributed by atoms with Gasteiger partial charge in [-0.05, 0) is 6.42 Å². The molecule has 0 saturated heterocycles. The molecular formula is C6H13NO3S. The lowest BCUT2D eigenvalue weighted by Crippen LogP contribution is -2.22. The fourth-order valence-electron chi connectivity index (χ4n) is 0.662. The molecule has 0 atom stereocenters. The molecule has 0 aliphatic carbocycles. The molecule has 66 valence electrons. The van der Waals surface area contributed by atoms with Gasteiger partial charge in [-0.1, -0.05) is 19.8 Å². The van der Waals surface area contributed by atoms with E-state index in [9.17, 15) is 13.2 Å². The van der Waals surface area contributed by atoms with Gasteiger partial charge in [-0.25, -0.2) is 13.6 Å². The van der Waals surface area contributed by atoms with E-state index in [1.165, 1.54) is 0 Å². The molecule has 4 nitrogen and oxygen atoms in total. The molecule has 0 aliphatic heterocycles. The summed E-state index contributed by atoms with van der Waals surface area (Å²) in [5.41, 5.74) is 0. The van der Waals surface area contributed by atoms with Gasteiger partial charge in [-0.3, -0.25) is 4.79 Å². The van der Waals surface area contributed by atoms with Crippen molar-refractivity contribution in [2.24, 2.45) is 5.14 Å². The number of nitrogens with two attached hydrogens (primary N) is 1. The molecule has 0 heterocycles. The lowest BCUT2D eigenvalue weighted by molar-refractivity contribution is -0.111. The van der Waals surface area contributed by atoms with E-state index in [1.807, 2.05) is 6.92 Å². The van der Waals surface area contributed by atoms with E-state index in [4.69, 9.17) is 0 Å². The van der Waals surface area contributed by atoms with Crippen LogP contribution in [0.4, 0.5) is 0 Å². The van der Waals surface area contributed by atoms with Crippen LogP contribution in [0, 0.1) is 0 Å². The van der Waals surface area contributed by atoms with Crippen LogP contribution in [0.5, 0.6) is 0 Å². The van der Waals surface area contributed by atoms with Gasteiger partial charge in [-0.15, -0.1) is 0 Å². The smallest absolute Gasteiger partial charge is 0.271 e. The number of sulfonamides is 1. The number of unbranched alkanes of at least 4 members (excludes halogenated alkanes) is 2. The summed E-state index contributed by atoms with van der Waals surface area (Å²) in [6.07, 6.45) is 2.47. The largest absolute Gasteiger partial charge is 0.280 e. The normalized spacial score (nSPS) is 11.5. The van der Waals surface area contributed by atoms with E-state index in [1.54, 1.807) is 0 Å². The molecular weight excluding hydrogens is 166 g/mol. The highest BCUT2D eigenvalue weighted by atomic mass is 32.2. The predicted octanol–water partition coefficient (Wildman–Crippen LogP) is 0.382. The third-order valence-corrected chi connectivity index (χ3v) is 2.14. The van der Waals surface area contributed by atoms with E-state index < -0.39 is 15.1 Å². The van der Waals surface area contributed by atoms with Crippen LogP contribution in [0.3, 0.4) is 0 Å². The van der Waals surface area contributed by atoms with Gasteiger partial charge >= 0.3 is 0 Å². The number of rotatable bonds is 4. The Morgan fingerprint density at radius 3 is 2.27 bits per heavy atom. The molecule has 0 aromatic carbocycles. The van der Waals surface area contributed by atoms with Crippen molar-refractivity contribution >= 4 is 15.1 Å². The van der Waals surface area contributed by atoms with Crippen LogP contribution in [0.25, 0.3) is 0 Å². The maximum absolute atomic E-state index is 10.6. The van der Waals surface area contributed by atoms with Gasteiger partial charge in [0.1, 0.15) is 0 Å². The third kappa shape index (κ3) is 4.92. The summed E-state index contributed by atoms with van der Waals surface area (Å²) in [5.74, 6) is 0. The van der Waals surface area contributed by atoms with Crippen molar-refractivity contribution in [2.45, 2.75) is 32.6 Å². The predicted molar refractivity (Wildman–Crippen MR) is 42.3 cm³/mol. The molecule has 0 saturated carbocycles. The molecule has 0 unspecified atom stereocenters. The number of primary sulfonamides is 1. The maximum atomic E-state index is 10.6. The van der Waals surface area contributed by atoms with Gasteiger partial charge in [0.25, 0.3) is 15.1 Å². The van der Waals surface area contributed by atoms with Gasteiger partial charge in [0.15, 0.2) is 0 Å². The van der Waals surface area contributed by atoms with Crippen LogP contribution in [-0.2, 0) is 14.8 Å². The van der Waals surface area contributed by atoms with Gasteiger partial charge in [0.2, 0.25) is 0 Å². The minimum Gasteiger partial charge on any atom is -0.280 e. The Balaban J connectivity index is 3.72. The lowest BCUT2D eigenvalue weighted by Gasteiger charge is -1.95. The van der Waals surface area contributed by atoms with Crippen molar-refractivity contribution in [3.8, 4) is 0 Å².